The molecule has 0 radical (unpaired) electrons. The molecule has 2 heterocycles. The molecule has 1 aliphatic rings. The van der Waals surface area contributed by atoms with Crippen molar-refractivity contribution in [3.8, 4) is 17.2 Å². The Labute approximate surface area is 139 Å². The Balaban J connectivity index is 1.44. The van der Waals surface area contributed by atoms with Crippen LogP contribution in [0.1, 0.15) is 30.8 Å². The third-order valence-electron chi connectivity index (χ3n) is 4.33. The molecule has 0 spiro atoms. The van der Waals surface area contributed by atoms with E-state index in [1.807, 2.05) is 42.5 Å². The van der Waals surface area contributed by atoms with E-state index in [9.17, 15) is 0 Å². The summed E-state index contributed by atoms with van der Waals surface area (Å²) in [5.41, 5.74) is 7.55. The first-order valence-electron chi connectivity index (χ1n) is 7.99. The van der Waals surface area contributed by atoms with Gasteiger partial charge in [-0.25, -0.2) is 0 Å². The van der Waals surface area contributed by atoms with Gasteiger partial charge in [-0.15, -0.1) is 0 Å². The van der Waals surface area contributed by atoms with E-state index in [2.05, 4.69) is 15.1 Å². The molecule has 0 bridgehead atoms. The van der Waals surface area contributed by atoms with Crippen LogP contribution >= 0.6 is 0 Å². The maximum absolute atomic E-state index is 6.22. The van der Waals surface area contributed by atoms with Gasteiger partial charge < -0.3 is 15.0 Å². The van der Waals surface area contributed by atoms with Crippen molar-refractivity contribution in [2.75, 3.05) is 0 Å². The Morgan fingerprint density at radius 1 is 1.12 bits per heavy atom. The van der Waals surface area contributed by atoms with Crippen molar-refractivity contribution in [1.82, 2.24) is 15.1 Å². The molecule has 1 aromatic carbocycles. The molecule has 0 aliphatic heterocycles. The maximum Gasteiger partial charge on any atom is 0.257 e. The Morgan fingerprint density at radius 3 is 2.62 bits per heavy atom. The molecule has 0 unspecified atom stereocenters. The fraction of sp³-hybridized carbons (Fsp3) is 0.278. The van der Waals surface area contributed by atoms with Gasteiger partial charge in [0, 0.05) is 11.8 Å². The van der Waals surface area contributed by atoms with Gasteiger partial charge in [0.2, 0.25) is 0 Å². The number of nitrogens with zero attached hydrogens (tertiary/aromatic N) is 3. The highest BCUT2D eigenvalue weighted by molar-refractivity contribution is 5.54. The maximum atomic E-state index is 6.22. The number of nitrogens with two attached hydrogens (primary N) is 1. The number of hydrogen-bond donors (Lipinski definition) is 1. The van der Waals surface area contributed by atoms with Gasteiger partial charge in [-0.1, -0.05) is 11.2 Å². The van der Waals surface area contributed by atoms with Crippen LogP contribution in [0.15, 0.2) is 53.2 Å². The first-order chi connectivity index (χ1) is 11.7. The summed E-state index contributed by atoms with van der Waals surface area (Å²) in [6.07, 6.45) is 4.68. The van der Waals surface area contributed by atoms with Crippen LogP contribution in [0.2, 0.25) is 0 Å². The van der Waals surface area contributed by atoms with Crippen molar-refractivity contribution in [2.24, 2.45) is 5.73 Å². The van der Waals surface area contributed by atoms with E-state index in [-0.39, 0.29) is 0 Å². The van der Waals surface area contributed by atoms with Crippen LogP contribution < -0.4 is 10.5 Å². The highest BCUT2D eigenvalue weighted by Crippen LogP contribution is 2.37. The highest BCUT2D eigenvalue weighted by atomic mass is 16.5. The van der Waals surface area contributed by atoms with Gasteiger partial charge in [-0.2, -0.15) is 4.98 Å². The zero-order valence-electron chi connectivity index (χ0n) is 13.2. The topological polar surface area (TPSA) is 87.1 Å². The molecule has 0 amide bonds. The van der Waals surface area contributed by atoms with E-state index in [0.29, 0.717) is 18.3 Å². The van der Waals surface area contributed by atoms with Crippen molar-refractivity contribution < 1.29 is 9.26 Å². The minimum atomic E-state index is -0.409. The summed E-state index contributed by atoms with van der Waals surface area (Å²) < 4.78 is 11.1. The van der Waals surface area contributed by atoms with Gasteiger partial charge in [0.05, 0.1) is 11.2 Å². The molecule has 122 valence electrons. The second kappa shape index (κ2) is 6.05. The van der Waals surface area contributed by atoms with Crippen molar-refractivity contribution in [3.63, 3.8) is 0 Å². The smallest absolute Gasteiger partial charge is 0.257 e. The molecule has 24 heavy (non-hydrogen) atoms. The second-order valence-electron chi connectivity index (χ2n) is 6.07. The van der Waals surface area contributed by atoms with Crippen molar-refractivity contribution in [1.29, 1.82) is 0 Å². The lowest BCUT2D eigenvalue weighted by Gasteiger charge is -2.34. The predicted octanol–water partition coefficient (Wildman–Crippen LogP) is 3.05. The van der Waals surface area contributed by atoms with Crippen LogP contribution in [0.5, 0.6) is 5.75 Å². The lowest BCUT2D eigenvalue weighted by Crippen LogP contribution is -2.44. The minimum absolute atomic E-state index is 0.409. The monoisotopic (exact) mass is 322 g/mol. The molecule has 2 N–H and O–H groups in total. The van der Waals surface area contributed by atoms with Crippen LogP contribution in [-0.4, -0.2) is 15.1 Å². The molecule has 4 rings (SSSR count). The zero-order chi connectivity index (χ0) is 16.4. The largest absolute Gasteiger partial charge is 0.487 e. The van der Waals surface area contributed by atoms with Gasteiger partial charge >= 0.3 is 0 Å². The summed E-state index contributed by atoms with van der Waals surface area (Å²) in [4.78, 5) is 8.67. The van der Waals surface area contributed by atoms with E-state index >= 15 is 0 Å². The number of rotatable bonds is 5. The Morgan fingerprint density at radius 2 is 1.96 bits per heavy atom. The lowest BCUT2D eigenvalue weighted by molar-refractivity contribution is 0.229. The SMILES string of the molecule is NC1(c2noc(-c3ccc(OCc4ccccn4)cc3)n2)CCC1. The molecule has 1 aliphatic carbocycles. The van der Waals surface area contributed by atoms with Gasteiger partial charge in [0.15, 0.2) is 5.82 Å². The van der Waals surface area contributed by atoms with Crippen LogP contribution in [0, 0.1) is 0 Å². The lowest BCUT2D eigenvalue weighted by atomic mass is 9.77. The Bertz CT molecular complexity index is 811. The van der Waals surface area contributed by atoms with Crippen LogP contribution in [0.3, 0.4) is 0 Å². The number of hydrogen-bond acceptors (Lipinski definition) is 6. The Kier molecular flexibility index (Phi) is 3.74. The van der Waals surface area contributed by atoms with Gasteiger partial charge in [0.25, 0.3) is 5.89 Å². The van der Waals surface area contributed by atoms with E-state index in [4.69, 9.17) is 15.0 Å². The fourth-order valence-corrected chi connectivity index (χ4v) is 2.66. The fourth-order valence-electron chi connectivity index (χ4n) is 2.66. The van der Waals surface area contributed by atoms with E-state index in [0.717, 1.165) is 36.3 Å². The second-order valence-corrected chi connectivity index (χ2v) is 6.07. The molecule has 2 aromatic heterocycles. The standard InChI is InChI=1S/C18H18N4O2/c19-18(9-3-10-18)17-21-16(24-22-17)13-5-7-15(8-6-13)23-12-14-4-1-2-11-20-14/h1-2,4-8,11H,3,9-10,12,19H2. The molecular formula is C18H18N4O2. The number of benzene rings is 1. The third-order valence-corrected chi connectivity index (χ3v) is 4.33. The summed E-state index contributed by atoms with van der Waals surface area (Å²) in [5.74, 6) is 1.84. The first-order valence-corrected chi connectivity index (χ1v) is 7.99. The third kappa shape index (κ3) is 2.88. The summed E-state index contributed by atoms with van der Waals surface area (Å²) in [5, 5.41) is 4.03. The average molecular weight is 322 g/mol. The van der Waals surface area contributed by atoms with Crippen LogP contribution in [0.25, 0.3) is 11.5 Å². The molecule has 0 atom stereocenters. The summed E-state index contributed by atoms with van der Waals surface area (Å²) in [6.45, 7) is 0.431. The van der Waals surface area contributed by atoms with Gasteiger partial charge in [-0.05, 0) is 55.7 Å². The zero-order valence-corrected chi connectivity index (χ0v) is 13.2. The van der Waals surface area contributed by atoms with Gasteiger partial charge in [-0.3, -0.25) is 4.98 Å². The molecule has 6 heteroatoms. The van der Waals surface area contributed by atoms with Crippen molar-refractivity contribution in [3.05, 3.63) is 60.2 Å². The normalized spacial score (nSPS) is 15.7. The summed E-state index contributed by atoms with van der Waals surface area (Å²) in [7, 11) is 0. The van der Waals surface area contributed by atoms with E-state index < -0.39 is 5.54 Å². The number of pyridine rings is 1. The van der Waals surface area contributed by atoms with Gasteiger partial charge in [0.1, 0.15) is 12.4 Å². The number of ether oxygens (including phenoxy) is 1. The van der Waals surface area contributed by atoms with Crippen molar-refractivity contribution in [2.45, 2.75) is 31.4 Å². The molecule has 0 saturated heterocycles. The first kappa shape index (κ1) is 14.8. The van der Waals surface area contributed by atoms with Crippen LogP contribution in [-0.2, 0) is 12.1 Å². The van der Waals surface area contributed by atoms with E-state index in [1.54, 1.807) is 6.20 Å². The van der Waals surface area contributed by atoms with Crippen molar-refractivity contribution >= 4 is 0 Å². The molecular weight excluding hydrogens is 304 g/mol. The number of aromatic nitrogens is 3. The molecule has 1 fully saturated rings. The van der Waals surface area contributed by atoms with Crippen LogP contribution in [0.4, 0.5) is 0 Å². The minimum Gasteiger partial charge on any atom is -0.487 e. The molecule has 6 nitrogen and oxygen atoms in total. The summed E-state index contributed by atoms with van der Waals surface area (Å²) in [6, 6.07) is 13.3. The summed E-state index contributed by atoms with van der Waals surface area (Å²) >= 11 is 0. The molecule has 1 saturated carbocycles. The molecule has 3 aromatic rings. The predicted molar refractivity (Wildman–Crippen MR) is 88.0 cm³/mol. The van der Waals surface area contributed by atoms with E-state index in [1.165, 1.54) is 0 Å². The highest BCUT2D eigenvalue weighted by Gasteiger charge is 2.39. The average Bonchev–Trinajstić information content (AvgIpc) is 3.10. The quantitative estimate of drug-likeness (QED) is 0.777. The Hall–Kier alpha value is -2.73.